The average molecular weight is 206 g/mol. The van der Waals surface area contributed by atoms with Crippen LogP contribution in [0.1, 0.15) is 0 Å². The predicted octanol–water partition coefficient (Wildman–Crippen LogP) is 0.930. The normalized spacial score (nSPS) is 46.3. The number of rotatable bonds is 1. The van der Waals surface area contributed by atoms with Crippen molar-refractivity contribution in [3.05, 3.63) is 0 Å². The molecule has 1 aliphatic rings. The van der Waals surface area contributed by atoms with E-state index in [0.29, 0.717) is 0 Å². The first kappa shape index (κ1) is 9.76. The summed E-state index contributed by atoms with van der Waals surface area (Å²) in [5, 5.41) is 0. The van der Waals surface area contributed by atoms with Crippen molar-refractivity contribution < 1.29 is 26.0 Å². The fourth-order valence-corrected chi connectivity index (χ4v) is 2.57. The zero-order chi connectivity index (χ0) is 9.52. The van der Waals surface area contributed by atoms with Crippen LogP contribution in [0.15, 0.2) is 0 Å². The summed E-state index contributed by atoms with van der Waals surface area (Å²) in [7, 11) is -4.76. The van der Waals surface area contributed by atoms with E-state index >= 15 is 0 Å². The Labute approximate surface area is 66.5 Å². The lowest BCUT2D eigenvalue weighted by atomic mass is 10.1. The van der Waals surface area contributed by atoms with Crippen LogP contribution in [-0.2, 0) is 9.84 Å². The maximum Gasteiger partial charge on any atom is 0.235 e. The molecule has 4 atom stereocenters. The van der Waals surface area contributed by atoms with Gasteiger partial charge < -0.3 is 0 Å². The van der Waals surface area contributed by atoms with Crippen LogP contribution in [0.5, 0.6) is 0 Å². The summed E-state index contributed by atoms with van der Waals surface area (Å²) in [4.78, 5) is 0. The number of halogens is 4. The third-order valence-electron chi connectivity index (χ3n) is 1.80. The highest BCUT2D eigenvalue weighted by atomic mass is 32.2. The van der Waals surface area contributed by atoms with Gasteiger partial charge in [-0.15, -0.1) is 0 Å². The number of sulfone groups is 1. The fraction of sp³-hybridized carbons (Fsp3) is 1.00. The third kappa shape index (κ3) is 1.10. The van der Waals surface area contributed by atoms with Crippen molar-refractivity contribution in [2.45, 2.75) is 17.2 Å². The van der Waals surface area contributed by atoms with Crippen LogP contribution in [0.4, 0.5) is 17.6 Å². The summed E-state index contributed by atoms with van der Waals surface area (Å²) in [6, 6.07) is 0. The molecule has 1 fully saturated rings. The number of hydrogen-bond acceptors (Lipinski definition) is 2. The van der Waals surface area contributed by atoms with Gasteiger partial charge >= 0.3 is 0 Å². The van der Waals surface area contributed by atoms with E-state index in [9.17, 15) is 26.0 Å². The minimum Gasteiger partial charge on any atom is -0.251 e. The van der Waals surface area contributed by atoms with Crippen molar-refractivity contribution in [1.29, 1.82) is 0 Å². The Morgan fingerprint density at radius 3 is 1.75 bits per heavy atom. The molecule has 0 amide bonds. The van der Waals surface area contributed by atoms with E-state index < -0.39 is 39.6 Å². The first-order chi connectivity index (χ1) is 5.42. The topological polar surface area (TPSA) is 34.1 Å². The van der Waals surface area contributed by atoms with Crippen molar-refractivity contribution in [3.63, 3.8) is 0 Å². The summed E-state index contributed by atoms with van der Waals surface area (Å²) in [6.45, 7) is -1.51. The van der Waals surface area contributed by atoms with Crippen LogP contribution in [0, 0.1) is 5.92 Å². The molecule has 0 aromatic rings. The second-order valence-corrected chi connectivity index (χ2v) is 4.63. The third-order valence-corrected chi connectivity index (χ3v) is 3.67. The molecule has 0 spiro atoms. The van der Waals surface area contributed by atoms with E-state index in [0.717, 1.165) is 0 Å². The fourth-order valence-electron chi connectivity index (χ4n) is 1.04. The van der Waals surface area contributed by atoms with Gasteiger partial charge in [0.2, 0.25) is 20.8 Å². The minimum absolute atomic E-state index is 1.51. The molecule has 0 bridgehead atoms. The summed E-state index contributed by atoms with van der Waals surface area (Å²) in [5.74, 6) is -2.01. The highest BCUT2D eigenvalue weighted by Crippen LogP contribution is 2.37. The van der Waals surface area contributed by atoms with Gasteiger partial charge in [-0.05, 0) is 0 Å². The first-order valence-corrected chi connectivity index (χ1v) is 4.74. The Kier molecular flexibility index (Phi) is 2.33. The second kappa shape index (κ2) is 2.86. The highest BCUT2D eigenvalue weighted by molar-refractivity contribution is 7.92. The summed E-state index contributed by atoms with van der Waals surface area (Å²) >= 11 is 0. The SMILES string of the molecule is O=S1(=O)C(F)C(F)C(CF)C1F. The molecular formula is C5H6F4O2S. The quantitative estimate of drug-likeness (QED) is 0.598. The molecule has 12 heavy (non-hydrogen) atoms. The van der Waals surface area contributed by atoms with Crippen LogP contribution in [-0.4, -0.2) is 32.3 Å². The molecule has 0 radical (unpaired) electrons. The van der Waals surface area contributed by atoms with Crippen LogP contribution < -0.4 is 0 Å². The van der Waals surface area contributed by atoms with Crippen molar-refractivity contribution >= 4 is 9.84 Å². The molecule has 7 heteroatoms. The summed E-state index contributed by atoms with van der Waals surface area (Å²) < 4.78 is 70.3. The molecule has 1 aliphatic heterocycles. The second-order valence-electron chi connectivity index (χ2n) is 2.55. The molecule has 2 nitrogen and oxygen atoms in total. The van der Waals surface area contributed by atoms with Gasteiger partial charge in [-0.1, -0.05) is 0 Å². The predicted molar refractivity (Wildman–Crippen MR) is 33.1 cm³/mol. The van der Waals surface area contributed by atoms with Gasteiger partial charge in [0, 0.05) is 0 Å². The van der Waals surface area contributed by atoms with E-state index in [1.54, 1.807) is 0 Å². The van der Waals surface area contributed by atoms with Gasteiger partial charge in [-0.25, -0.2) is 21.6 Å². The minimum atomic E-state index is -4.76. The Morgan fingerprint density at radius 1 is 1.08 bits per heavy atom. The van der Waals surface area contributed by atoms with Crippen LogP contribution in [0.2, 0.25) is 0 Å². The molecule has 1 rings (SSSR count). The zero-order valence-electron chi connectivity index (χ0n) is 5.75. The Hall–Kier alpha value is -0.330. The Morgan fingerprint density at radius 2 is 1.58 bits per heavy atom. The zero-order valence-corrected chi connectivity index (χ0v) is 6.57. The highest BCUT2D eigenvalue weighted by Gasteiger charge is 2.57. The van der Waals surface area contributed by atoms with Gasteiger partial charge in [-0.2, -0.15) is 0 Å². The number of alkyl halides is 4. The largest absolute Gasteiger partial charge is 0.251 e. The van der Waals surface area contributed by atoms with Crippen molar-refractivity contribution in [2.75, 3.05) is 6.67 Å². The smallest absolute Gasteiger partial charge is 0.235 e. The van der Waals surface area contributed by atoms with Crippen LogP contribution in [0.25, 0.3) is 0 Å². The average Bonchev–Trinajstić information content (AvgIpc) is 2.15. The van der Waals surface area contributed by atoms with E-state index in [1.165, 1.54) is 0 Å². The van der Waals surface area contributed by atoms with E-state index in [-0.39, 0.29) is 0 Å². The molecule has 0 aromatic heterocycles. The molecule has 0 aromatic carbocycles. The van der Waals surface area contributed by atoms with Gasteiger partial charge in [0.15, 0.2) is 6.17 Å². The van der Waals surface area contributed by atoms with Crippen LogP contribution in [0.3, 0.4) is 0 Å². The van der Waals surface area contributed by atoms with Gasteiger partial charge in [0.1, 0.15) is 0 Å². The van der Waals surface area contributed by atoms with E-state index in [1.807, 2.05) is 0 Å². The lowest BCUT2D eigenvalue weighted by Crippen LogP contribution is -2.21. The molecule has 0 aliphatic carbocycles. The molecule has 72 valence electrons. The maximum absolute atomic E-state index is 12.6. The summed E-state index contributed by atoms with van der Waals surface area (Å²) in [6.07, 6.45) is -2.59. The molecule has 1 heterocycles. The van der Waals surface area contributed by atoms with Crippen molar-refractivity contribution in [3.8, 4) is 0 Å². The molecule has 4 unspecified atom stereocenters. The van der Waals surface area contributed by atoms with Crippen LogP contribution >= 0.6 is 0 Å². The van der Waals surface area contributed by atoms with E-state index in [4.69, 9.17) is 0 Å². The maximum atomic E-state index is 12.6. The Balaban J connectivity index is 3.02. The lowest BCUT2D eigenvalue weighted by molar-refractivity contribution is 0.129. The molecule has 0 saturated carbocycles. The lowest BCUT2D eigenvalue weighted by Gasteiger charge is -2.06. The standard InChI is InChI=1S/C5H6F4O2S/c6-1-2-3(7)5(9)12(10,11)4(2)8/h2-5H,1H2. The van der Waals surface area contributed by atoms with Crippen molar-refractivity contribution in [2.24, 2.45) is 5.92 Å². The van der Waals surface area contributed by atoms with Crippen molar-refractivity contribution in [1.82, 2.24) is 0 Å². The monoisotopic (exact) mass is 206 g/mol. The Bertz CT molecular complexity index is 265. The van der Waals surface area contributed by atoms with Gasteiger partial charge in [-0.3, -0.25) is 4.39 Å². The summed E-state index contributed by atoms with van der Waals surface area (Å²) in [5.41, 5.74) is -5.68. The molecular weight excluding hydrogens is 200 g/mol. The number of hydrogen-bond donors (Lipinski definition) is 0. The molecule has 1 saturated heterocycles. The van der Waals surface area contributed by atoms with E-state index in [2.05, 4.69) is 0 Å². The van der Waals surface area contributed by atoms with Gasteiger partial charge in [0.25, 0.3) is 0 Å². The first-order valence-electron chi connectivity index (χ1n) is 3.13. The van der Waals surface area contributed by atoms with Gasteiger partial charge in [0.05, 0.1) is 12.6 Å². The molecule has 0 N–H and O–H groups in total.